The van der Waals surface area contributed by atoms with Gasteiger partial charge in [0.2, 0.25) is 5.88 Å². The maximum atomic E-state index is 12.7. The molecule has 0 saturated carbocycles. The number of pyridine rings is 1. The third-order valence-corrected chi connectivity index (χ3v) is 4.66. The van der Waals surface area contributed by atoms with Crippen LogP contribution in [0.15, 0.2) is 47.1 Å². The van der Waals surface area contributed by atoms with Crippen molar-refractivity contribution in [3.8, 4) is 11.6 Å². The van der Waals surface area contributed by atoms with Gasteiger partial charge in [0.15, 0.2) is 0 Å². The lowest BCUT2D eigenvalue weighted by Crippen LogP contribution is -2.37. The second kappa shape index (κ2) is 8.45. The molecule has 0 spiro atoms. The van der Waals surface area contributed by atoms with Crippen LogP contribution in [-0.2, 0) is 4.74 Å². The van der Waals surface area contributed by atoms with E-state index in [1.165, 1.54) is 0 Å². The lowest BCUT2D eigenvalue weighted by atomic mass is 10.2. The summed E-state index contributed by atoms with van der Waals surface area (Å²) in [6.45, 7) is 4.05. The zero-order valence-corrected chi connectivity index (χ0v) is 15.7. The van der Waals surface area contributed by atoms with Gasteiger partial charge >= 0.3 is 0 Å². The van der Waals surface area contributed by atoms with Crippen LogP contribution in [0, 0.1) is 0 Å². The number of hydrogen-bond acceptors (Lipinski definition) is 4. The summed E-state index contributed by atoms with van der Waals surface area (Å²) in [5.74, 6) is 1.13. The van der Waals surface area contributed by atoms with Gasteiger partial charge in [-0.1, -0.05) is 15.9 Å². The third kappa shape index (κ3) is 4.80. The molecule has 0 bridgehead atoms. The number of hydrogen-bond donors (Lipinski definition) is 0. The Hall–Kier alpha value is -1.92. The molecule has 0 N–H and O–H groups in total. The van der Waals surface area contributed by atoms with E-state index >= 15 is 0 Å². The molecule has 0 aliphatic carbocycles. The predicted molar refractivity (Wildman–Crippen MR) is 99.0 cm³/mol. The van der Waals surface area contributed by atoms with Crippen LogP contribution in [0.25, 0.3) is 0 Å². The quantitative estimate of drug-likeness (QED) is 0.720. The van der Waals surface area contributed by atoms with Gasteiger partial charge in [-0.15, -0.1) is 0 Å². The molecule has 2 heterocycles. The molecule has 1 aliphatic rings. The smallest absolute Gasteiger partial charge is 0.255 e. The summed E-state index contributed by atoms with van der Waals surface area (Å²) in [5.41, 5.74) is 0.558. The Kier molecular flexibility index (Phi) is 6.04. The van der Waals surface area contributed by atoms with Gasteiger partial charge in [-0.2, -0.15) is 0 Å². The number of carbonyl (C=O) groups excluding carboxylic acids is 1. The van der Waals surface area contributed by atoms with Crippen molar-refractivity contribution >= 4 is 21.8 Å². The van der Waals surface area contributed by atoms with Gasteiger partial charge in [0.25, 0.3) is 5.91 Å². The summed E-state index contributed by atoms with van der Waals surface area (Å²) in [5, 5.41) is 0. The van der Waals surface area contributed by atoms with E-state index in [-0.39, 0.29) is 12.0 Å². The lowest BCUT2D eigenvalue weighted by molar-refractivity contribution is 0.0539. The lowest BCUT2D eigenvalue weighted by Gasteiger charge is -2.24. The summed E-state index contributed by atoms with van der Waals surface area (Å²) >= 11 is 3.39. The summed E-state index contributed by atoms with van der Waals surface area (Å²) in [4.78, 5) is 18.7. The van der Waals surface area contributed by atoms with Crippen LogP contribution < -0.4 is 4.74 Å². The first-order chi connectivity index (χ1) is 12.2. The summed E-state index contributed by atoms with van der Waals surface area (Å²) in [6, 6.07) is 11.0. The number of nitrogens with zero attached hydrogens (tertiary/aromatic N) is 2. The van der Waals surface area contributed by atoms with Crippen LogP contribution in [0.2, 0.25) is 0 Å². The molecule has 1 saturated heterocycles. The topological polar surface area (TPSA) is 51.7 Å². The fraction of sp³-hybridized carbons (Fsp3) is 0.368. The maximum absolute atomic E-state index is 12.7. The molecule has 1 amide bonds. The van der Waals surface area contributed by atoms with Crippen LogP contribution >= 0.6 is 15.9 Å². The molecule has 6 heteroatoms. The Balaban J connectivity index is 1.63. The summed E-state index contributed by atoms with van der Waals surface area (Å²) in [7, 11) is 0. The molecular weight excluding hydrogens is 384 g/mol. The van der Waals surface area contributed by atoms with Gasteiger partial charge in [-0.25, -0.2) is 4.98 Å². The Morgan fingerprint density at radius 2 is 2.12 bits per heavy atom. The number of rotatable bonds is 6. The van der Waals surface area contributed by atoms with E-state index < -0.39 is 0 Å². The van der Waals surface area contributed by atoms with Gasteiger partial charge in [0, 0.05) is 36.4 Å². The normalized spacial score (nSPS) is 16.6. The zero-order valence-electron chi connectivity index (χ0n) is 14.2. The molecule has 1 aromatic carbocycles. The standard InChI is InChI=1S/C19H21BrN2O3/c1-2-22(13-17-4-3-11-24-17)19(23)14-5-10-18(21-12-14)25-16-8-6-15(20)7-9-16/h5-10,12,17H,2-4,11,13H2,1H3/t17-/m1/s1. The largest absolute Gasteiger partial charge is 0.439 e. The molecule has 2 aromatic rings. The van der Waals surface area contributed by atoms with E-state index in [2.05, 4.69) is 20.9 Å². The van der Waals surface area contributed by atoms with Crippen LogP contribution in [0.5, 0.6) is 11.6 Å². The van der Waals surface area contributed by atoms with E-state index in [9.17, 15) is 4.79 Å². The van der Waals surface area contributed by atoms with Gasteiger partial charge in [0.05, 0.1) is 11.7 Å². The minimum atomic E-state index is -0.0271. The number of benzene rings is 1. The molecule has 0 radical (unpaired) electrons. The second-order valence-corrected chi connectivity index (χ2v) is 6.84. The first-order valence-electron chi connectivity index (χ1n) is 8.46. The van der Waals surface area contributed by atoms with Crippen molar-refractivity contribution in [2.45, 2.75) is 25.9 Å². The molecule has 5 nitrogen and oxygen atoms in total. The number of amides is 1. The number of aromatic nitrogens is 1. The molecule has 1 aliphatic heterocycles. The van der Waals surface area contributed by atoms with Gasteiger partial charge in [0.1, 0.15) is 5.75 Å². The van der Waals surface area contributed by atoms with Gasteiger partial charge < -0.3 is 14.4 Å². The van der Waals surface area contributed by atoms with E-state index in [1.807, 2.05) is 36.1 Å². The fourth-order valence-corrected chi connectivity index (χ4v) is 3.03. The van der Waals surface area contributed by atoms with Crippen molar-refractivity contribution in [2.24, 2.45) is 0 Å². The number of likely N-dealkylation sites (N-methyl/N-ethyl adjacent to an activating group) is 1. The molecule has 25 heavy (non-hydrogen) atoms. The molecule has 1 atom stereocenters. The van der Waals surface area contributed by atoms with Crippen molar-refractivity contribution < 1.29 is 14.3 Å². The first-order valence-corrected chi connectivity index (χ1v) is 9.25. The summed E-state index contributed by atoms with van der Waals surface area (Å²) in [6.07, 6.45) is 3.80. The summed E-state index contributed by atoms with van der Waals surface area (Å²) < 4.78 is 12.3. The van der Waals surface area contributed by atoms with E-state index in [0.29, 0.717) is 30.3 Å². The minimum Gasteiger partial charge on any atom is -0.439 e. The SMILES string of the molecule is CCN(C[C@H]1CCCO1)C(=O)c1ccc(Oc2ccc(Br)cc2)nc1. The van der Waals surface area contributed by atoms with Crippen LogP contribution in [-0.4, -0.2) is 41.6 Å². The Labute approximate surface area is 156 Å². The predicted octanol–water partition coefficient (Wildman–Crippen LogP) is 4.28. The minimum absolute atomic E-state index is 0.0271. The average molecular weight is 405 g/mol. The first kappa shape index (κ1) is 17.9. The molecule has 132 valence electrons. The number of ether oxygens (including phenoxy) is 2. The molecule has 1 fully saturated rings. The van der Waals surface area contributed by atoms with E-state index in [1.54, 1.807) is 18.3 Å². The molecule has 3 rings (SSSR count). The van der Waals surface area contributed by atoms with E-state index in [0.717, 1.165) is 23.9 Å². The average Bonchev–Trinajstić information content (AvgIpc) is 3.15. The molecule has 1 aromatic heterocycles. The van der Waals surface area contributed by atoms with Crippen LogP contribution in [0.3, 0.4) is 0 Å². The van der Waals surface area contributed by atoms with Crippen LogP contribution in [0.1, 0.15) is 30.1 Å². The fourth-order valence-electron chi connectivity index (χ4n) is 2.76. The molecule has 0 unspecified atom stereocenters. The highest BCUT2D eigenvalue weighted by atomic mass is 79.9. The van der Waals surface area contributed by atoms with Crippen molar-refractivity contribution in [3.63, 3.8) is 0 Å². The Morgan fingerprint density at radius 3 is 2.72 bits per heavy atom. The number of carbonyl (C=O) groups is 1. The highest BCUT2D eigenvalue weighted by Crippen LogP contribution is 2.22. The zero-order chi connectivity index (χ0) is 17.6. The highest BCUT2D eigenvalue weighted by molar-refractivity contribution is 9.10. The molecular formula is C19H21BrN2O3. The van der Waals surface area contributed by atoms with Gasteiger partial charge in [-0.3, -0.25) is 4.79 Å². The second-order valence-electron chi connectivity index (χ2n) is 5.92. The van der Waals surface area contributed by atoms with Crippen molar-refractivity contribution in [3.05, 3.63) is 52.6 Å². The number of halogens is 1. The third-order valence-electron chi connectivity index (χ3n) is 4.14. The monoisotopic (exact) mass is 404 g/mol. The Bertz CT molecular complexity index is 698. The van der Waals surface area contributed by atoms with Gasteiger partial charge in [-0.05, 0) is 50.1 Å². The van der Waals surface area contributed by atoms with E-state index in [4.69, 9.17) is 9.47 Å². The highest BCUT2D eigenvalue weighted by Gasteiger charge is 2.22. The Morgan fingerprint density at radius 1 is 1.32 bits per heavy atom. The van der Waals surface area contributed by atoms with Crippen molar-refractivity contribution in [1.82, 2.24) is 9.88 Å². The van der Waals surface area contributed by atoms with Crippen molar-refractivity contribution in [2.75, 3.05) is 19.7 Å². The van der Waals surface area contributed by atoms with Crippen molar-refractivity contribution in [1.29, 1.82) is 0 Å². The maximum Gasteiger partial charge on any atom is 0.255 e. The van der Waals surface area contributed by atoms with Crippen LogP contribution in [0.4, 0.5) is 0 Å².